The number of pyridine rings is 1. The molecule has 1 N–H and O–H groups in total. The molecule has 3 rings (SSSR count). The van der Waals surface area contributed by atoms with Gasteiger partial charge in [0, 0.05) is 33.9 Å². The second-order valence-corrected chi connectivity index (χ2v) is 7.00. The van der Waals surface area contributed by atoms with Gasteiger partial charge in [-0.2, -0.15) is 0 Å². The molecule has 0 bridgehead atoms. The molecule has 3 aromatic rings. The molecule has 1 amide bonds. The first-order valence-electron chi connectivity index (χ1n) is 7.19. The molecule has 0 aliphatic heterocycles. The Morgan fingerprint density at radius 3 is 2.70 bits per heavy atom. The van der Waals surface area contributed by atoms with Gasteiger partial charge < -0.3 is 5.32 Å². The van der Waals surface area contributed by atoms with Crippen LogP contribution in [0.15, 0.2) is 64.7 Å². The lowest BCUT2D eigenvalue weighted by atomic mass is 10.1. The van der Waals surface area contributed by atoms with E-state index in [1.807, 2.05) is 41.9 Å². The molecule has 0 saturated carbocycles. The normalized spacial score (nSPS) is 10.5. The van der Waals surface area contributed by atoms with Gasteiger partial charge in [-0.15, -0.1) is 11.3 Å². The number of halogens is 1. The molecule has 116 valence electrons. The molecule has 23 heavy (non-hydrogen) atoms. The van der Waals surface area contributed by atoms with E-state index in [4.69, 9.17) is 0 Å². The summed E-state index contributed by atoms with van der Waals surface area (Å²) in [7, 11) is 0. The van der Waals surface area contributed by atoms with Crippen LogP contribution in [0.5, 0.6) is 0 Å². The number of thiophene rings is 1. The van der Waals surface area contributed by atoms with Gasteiger partial charge in [0.05, 0.1) is 6.42 Å². The van der Waals surface area contributed by atoms with Crippen LogP contribution in [0.4, 0.5) is 0 Å². The van der Waals surface area contributed by atoms with Crippen molar-refractivity contribution in [2.45, 2.75) is 13.0 Å². The third kappa shape index (κ3) is 4.50. The minimum atomic E-state index is 0.00819. The predicted molar refractivity (Wildman–Crippen MR) is 97.2 cm³/mol. The number of amides is 1. The van der Waals surface area contributed by atoms with Gasteiger partial charge in [-0.25, -0.2) is 0 Å². The zero-order chi connectivity index (χ0) is 16.1. The minimum Gasteiger partial charge on any atom is -0.352 e. The van der Waals surface area contributed by atoms with Crippen LogP contribution in [-0.2, 0) is 17.8 Å². The van der Waals surface area contributed by atoms with Crippen molar-refractivity contribution < 1.29 is 4.79 Å². The van der Waals surface area contributed by atoms with Crippen LogP contribution in [-0.4, -0.2) is 10.9 Å². The van der Waals surface area contributed by atoms with E-state index in [-0.39, 0.29) is 5.91 Å². The lowest BCUT2D eigenvalue weighted by molar-refractivity contribution is -0.120. The second-order valence-electron chi connectivity index (χ2n) is 5.14. The highest BCUT2D eigenvalue weighted by atomic mass is 79.9. The van der Waals surface area contributed by atoms with Gasteiger partial charge in [-0.05, 0) is 40.8 Å². The number of hydrogen-bond acceptors (Lipinski definition) is 3. The topological polar surface area (TPSA) is 42.0 Å². The summed E-state index contributed by atoms with van der Waals surface area (Å²) in [4.78, 5) is 17.5. The van der Waals surface area contributed by atoms with E-state index in [9.17, 15) is 4.79 Å². The molecule has 5 heteroatoms. The molecular formula is C18H15BrN2OS. The summed E-state index contributed by atoms with van der Waals surface area (Å²) in [5.74, 6) is 0.00819. The average Bonchev–Trinajstić information content (AvgIpc) is 3.10. The van der Waals surface area contributed by atoms with Gasteiger partial charge in [0.15, 0.2) is 0 Å². The Morgan fingerprint density at radius 1 is 1.13 bits per heavy atom. The monoisotopic (exact) mass is 386 g/mol. The first-order chi connectivity index (χ1) is 11.2. The maximum atomic E-state index is 12.0. The third-order valence-electron chi connectivity index (χ3n) is 3.37. The fraction of sp³-hybridized carbons (Fsp3) is 0.111. The Hall–Kier alpha value is -1.98. The Balaban J connectivity index is 1.58. The molecule has 2 heterocycles. The zero-order valence-corrected chi connectivity index (χ0v) is 14.7. The van der Waals surface area contributed by atoms with E-state index in [0.717, 1.165) is 21.2 Å². The number of hydrogen-bond donors (Lipinski definition) is 1. The van der Waals surface area contributed by atoms with E-state index < -0.39 is 0 Å². The molecule has 0 fully saturated rings. The fourth-order valence-corrected chi connectivity index (χ4v) is 3.19. The summed E-state index contributed by atoms with van der Waals surface area (Å²) in [5, 5.41) is 4.99. The van der Waals surface area contributed by atoms with Crippen molar-refractivity contribution in [3.8, 4) is 10.4 Å². The van der Waals surface area contributed by atoms with Crippen molar-refractivity contribution in [2.24, 2.45) is 0 Å². The molecule has 0 radical (unpaired) electrons. The number of nitrogens with one attached hydrogen (secondary N) is 1. The zero-order valence-electron chi connectivity index (χ0n) is 12.3. The molecule has 3 nitrogen and oxygen atoms in total. The molecule has 0 aliphatic carbocycles. The number of aromatic nitrogens is 1. The van der Waals surface area contributed by atoms with Crippen LogP contribution in [0.3, 0.4) is 0 Å². The fourth-order valence-electron chi connectivity index (χ4n) is 2.21. The van der Waals surface area contributed by atoms with E-state index in [2.05, 4.69) is 38.4 Å². The van der Waals surface area contributed by atoms with Crippen LogP contribution in [0.25, 0.3) is 10.4 Å². The molecule has 2 aromatic heterocycles. The van der Waals surface area contributed by atoms with Crippen LogP contribution in [0.2, 0.25) is 0 Å². The Kier molecular flexibility index (Phi) is 5.20. The van der Waals surface area contributed by atoms with Gasteiger partial charge in [0.2, 0.25) is 5.91 Å². The number of carbonyl (C=O) groups is 1. The van der Waals surface area contributed by atoms with Crippen molar-refractivity contribution in [1.29, 1.82) is 0 Å². The largest absolute Gasteiger partial charge is 0.352 e. The molecule has 0 atom stereocenters. The highest BCUT2D eigenvalue weighted by Crippen LogP contribution is 2.24. The predicted octanol–water partition coefficient (Wildman–Crippen LogP) is 4.43. The lowest BCUT2D eigenvalue weighted by Gasteiger charge is -2.07. The smallest absolute Gasteiger partial charge is 0.224 e. The summed E-state index contributed by atoms with van der Waals surface area (Å²) in [6, 6.07) is 13.9. The second kappa shape index (κ2) is 7.53. The molecule has 0 spiro atoms. The number of rotatable bonds is 5. The average molecular weight is 387 g/mol. The molecule has 0 unspecified atom stereocenters. The first kappa shape index (κ1) is 15.9. The van der Waals surface area contributed by atoms with Gasteiger partial charge in [0.25, 0.3) is 0 Å². The third-order valence-corrected chi connectivity index (χ3v) is 4.82. The summed E-state index contributed by atoms with van der Waals surface area (Å²) >= 11 is 5.07. The van der Waals surface area contributed by atoms with Gasteiger partial charge >= 0.3 is 0 Å². The Morgan fingerprint density at radius 2 is 1.96 bits per heavy atom. The summed E-state index contributed by atoms with van der Waals surface area (Å²) < 4.78 is 1.01. The molecular weight excluding hydrogens is 372 g/mol. The Bertz CT molecular complexity index is 785. The van der Waals surface area contributed by atoms with Crippen LogP contribution in [0, 0.1) is 0 Å². The van der Waals surface area contributed by atoms with E-state index >= 15 is 0 Å². The van der Waals surface area contributed by atoms with E-state index in [1.165, 1.54) is 4.88 Å². The van der Waals surface area contributed by atoms with Crippen LogP contribution < -0.4 is 5.32 Å². The van der Waals surface area contributed by atoms with E-state index in [1.54, 1.807) is 17.5 Å². The van der Waals surface area contributed by atoms with Crippen molar-refractivity contribution in [2.75, 3.05) is 0 Å². The summed E-state index contributed by atoms with van der Waals surface area (Å²) in [6.45, 7) is 0.488. The molecule has 0 saturated heterocycles. The van der Waals surface area contributed by atoms with Gasteiger partial charge in [-0.1, -0.05) is 34.1 Å². The minimum absolute atomic E-state index is 0.00819. The Labute approximate surface area is 147 Å². The van der Waals surface area contributed by atoms with Crippen molar-refractivity contribution in [1.82, 2.24) is 10.3 Å². The maximum absolute atomic E-state index is 12.0. The number of nitrogens with zero attached hydrogens (tertiary/aromatic N) is 1. The first-order valence-corrected chi connectivity index (χ1v) is 8.87. The quantitative estimate of drug-likeness (QED) is 0.704. The van der Waals surface area contributed by atoms with E-state index in [0.29, 0.717) is 13.0 Å². The van der Waals surface area contributed by atoms with Crippen molar-refractivity contribution in [3.05, 3.63) is 75.8 Å². The SMILES string of the molecule is O=C(Cc1ccc(Br)cc1)NCc1cncc(-c2cccs2)c1. The molecule has 0 aliphatic rings. The van der Waals surface area contributed by atoms with Gasteiger partial charge in [0.1, 0.15) is 0 Å². The standard InChI is InChI=1S/C18H15BrN2OS/c19-16-5-3-13(4-6-16)9-18(22)21-11-14-8-15(12-20-10-14)17-2-1-7-23-17/h1-8,10,12H,9,11H2,(H,21,22). The number of carbonyl (C=O) groups excluding carboxylic acids is 1. The lowest BCUT2D eigenvalue weighted by Crippen LogP contribution is -2.24. The maximum Gasteiger partial charge on any atom is 0.224 e. The summed E-state index contributed by atoms with van der Waals surface area (Å²) in [5.41, 5.74) is 3.08. The van der Waals surface area contributed by atoms with Gasteiger partial charge in [-0.3, -0.25) is 9.78 Å². The highest BCUT2D eigenvalue weighted by Gasteiger charge is 2.05. The summed E-state index contributed by atoms with van der Waals surface area (Å²) in [6.07, 6.45) is 4.02. The highest BCUT2D eigenvalue weighted by molar-refractivity contribution is 9.10. The van der Waals surface area contributed by atoms with Crippen LogP contribution >= 0.6 is 27.3 Å². The number of benzene rings is 1. The van der Waals surface area contributed by atoms with Crippen molar-refractivity contribution in [3.63, 3.8) is 0 Å². The van der Waals surface area contributed by atoms with Crippen LogP contribution in [0.1, 0.15) is 11.1 Å². The van der Waals surface area contributed by atoms with Crippen molar-refractivity contribution >= 4 is 33.2 Å². The molecule has 1 aromatic carbocycles.